The molecule has 0 saturated carbocycles. The Labute approximate surface area is 162 Å². The van der Waals surface area contributed by atoms with Crippen LogP contribution in [0, 0.1) is 11.3 Å². The molecule has 0 amide bonds. The van der Waals surface area contributed by atoms with Crippen molar-refractivity contribution in [2.24, 2.45) is 10.9 Å². The maximum absolute atomic E-state index is 8.09. The number of aliphatic imine (C=N–C) groups is 1. The number of rotatable bonds is 5. The number of nitrogens with zero attached hydrogens (tertiary/aromatic N) is 3. The van der Waals surface area contributed by atoms with Crippen LogP contribution in [0.25, 0.3) is 10.6 Å². The maximum atomic E-state index is 8.09. The van der Waals surface area contributed by atoms with E-state index in [4.69, 9.17) is 21.7 Å². The zero-order valence-electron chi connectivity index (χ0n) is 14.8. The Hall–Kier alpha value is -1.83. The number of hydrogen-bond acceptors (Lipinski definition) is 7. The molecule has 1 saturated heterocycles. The Balaban J connectivity index is 1.72. The van der Waals surface area contributed by atoms with Crippen molar-refractivity contribution in [3.05, 3.63) is 23.2 Å². The third-order valence-corrected chi connectivity index (χ3v) is 5.15. The molecule has 3 rings (SSSR count). The fraction of sp³-hybridized carbons (Fsp3) is 0.444. The highest BCUT2D eigenvalue weighted by Crippen LogP contribution is 2.34. The van der Waals surface area contributed by atoms with Crippen LogP contribution >= 0.6 is 22.9 Å². The van der Waals surface area contributed by atoms with Crippen molar-refractivity contribution < 1.29 is 4.74 Å². The first kappa shape index (κ1) is 18.9. The van der Waals surface area contributed by atoms with Crippen LogP contribution in [0.15, 0.2) is 23.2 Å². The molecule has 2 aromatic rings. The van der Waals surface area contributed by atoms with Gasteiger partial charge in [0, 0.05) is 30.0 Å². The summed E-state index contributed by atoms with van der Waals surface area (Å²) in [7, 11) is 0. The molecule has 138 valence electrons. The van der Waals surface area contributed by atoms with Crippen molar-refractivity contribution in [3.63, 3.8) is 0 Å². The Morgan fingerprint density at radius 2 is 2.23 bits per heavy atom. The number of hydrogen-bond donors (Lipinski definition) is 2. The van der Waals surface area contributed by atoms with E-state index in [9.17, 15) is 0 Å². The highest BCUT2D eigenvalue weighted by molar-refractivity contribution is 7.18. The van der Waals surface area contributed by atoms with Crippen molar-refractivity contribution in [3.8, 4) is 16.3 Å². The van der Waals surface area contributed by atoms with Crippen molar-refractivity contribution in [2.45, 2.75) is 32.8 Å². The highest BCUT2D eigenvalue weighted by atomic mass is 35.5. The Bertz CT molecular complexity index is 805. The van der Waals surface area contributed by atoms with Crippen molar-refractivity contribution >= 4 is 40.0 Å². The largest absolute Gasteiger partial charge is 0.489 e. The molecule has 1 atom stereocenters. The molecule has 1 aliphatic heterocycles. The van der Waals surface area contributed by atoms with Gasteiger partial charge in [-0.1, -0.05) is 22.9 Å². The van der Waals surface area contributed by atoms with Gasteiger partial charge in [-0.25, -0.2) is 4.99 Å². The van der Waals surface area contributed by atoms with E-state index in [0.717, 1.165) is 42.2 Å². The first-order valence-electron chi connectivity index (χ1n) is 8.65. The third-order valence-electron chi connectivity index (χ3n) is 3.97. The van der Waals surface area contributed by atoms with Gasteiger partial charge in [-0.15, -0.1) is 10.2 Å². The molecular weight excluding hydrogens is 370 g/mol. The summed E-state index contributed by atoms with van der Waals surface area (Å²) < 4.78 is 5.65. The predicted octanol–water partition coefficient (Wildman–Crippen LogP) is 4.37. The summed E-state index contributed by atoms with van der Waals surface area (Å²) in [5, 5.41) is 21.6. The van der Waals surface area contributed by atoms with Gasteiger partial charge in [-0.3, -0.25) is 0 Å². The number of benzene rings is 1. The molecule has 6 nitrogen and oxygen atoms in total. The minimum Gasteiger partial charge on any atom is -0.489 e. The molecular formula is C18H22ClN5OS. The molecule has 2 N–H and O–H groups in total. The van der Waals surface area contributed by atoms with Crippen LogP contribution in [0.5, 0.6) is 5.75 Å². The molecule has 0 spiro atoms. The summed E-state index contributed by atoms with van der Waals surface area (Å²) in [5.41, 5.74) is 1.60. The van der Waals surface area contributed by atoms with Crippen LogP contribution in [0.4, 0.5) is 5.13 Å². The standard InChI is InChI=1S/C18H22ClN5OS/c1-11(2)25-16-4-3-12(9-14(16)19)17-23-24-18(26-17)22-10-13-5-7-21-8-6-15(13)20/h3-4,9-11,13,20-21H,5-8H2,1-2H3. The van der Waals surface area contributed by atoms with E-state index in [-0.39, 0.29) is 12.0 Å². The molecule has 1 unspecified atom stereocenters. The molecule has 0 aliphatic carbocycles. The summed E-state index contributed by atoms with van der Waals surface area (Å²) in [4.78, 5) is 4.44. The summed E-state index contributed by atoms with van der Waals surface area (Å²) in [6.07, 6.45) is 3.55. The van der Waals surface area contributed by atoms with Gasteiger partial charge in [0.1, 0.15) is 10.8 Å². The van der Waals surface area contributed by atoms with Gasteiger partial charge in [0.25, 0.3) is 0 Å². The van der Waals surface area contributed by atoms with Gasteiger partial charge < -0.3 is 15.5 Å². The van der Waals surface area contributed by atoms with Crippen LogP contribution in [-0.4, -0.2) is 41.3 Å². The van der Waals surface area contributed by atoms with E-state index >= 15 is 0 Å². The van der Waals surface area contributed by atoms with E-state index in [1.165, 1.54) is 11.3 Å². The Morgan fingerprint density at radius 1 is 1.38 bits per heavy atom. The fourth-order valence-corrected chi connectivity index (χ4v) is 3.57. The van der Waals surface area contributed by atoms with E-state index < -0.39 is 0 Å². The van der Waals surface area contributed by atoms with Gasteiger partial charge in [0.15, 0.2) is 0 Å². The van der Waals surface area contributed by atoms with E-state index in [1.54, 1.807) is 0 Å². The first-order valence-corrected chi connectivity index (χ1v) is 9.84. The summed E-state index contributed by atoms with van der Waals surface area (Å²) in [6.45, 7) is 5.69. The summed E-state index contributed by atoms with van der Waals surface area (Å²) in [5.74, 6) is 0.730. The molecule has 8 heteroatoms. The first-order chi connectivity index (χ1) is 12.5. The van der Waals surface area contributed by atoms with E-state index in [1.807, 2.05) is 38.3 Å². The third kappa shape index (κ3) is 4.87. The predicted molar refractivity (Wildman–Crippen MR) is 108 cm³/mol. The van der Waals surface area contributed by atoms with Crippen LogP contribution in [0.3, 0.4) is 0 Å². The normalized spacial score (nSPS) is 18.5. The molecule has 0 radical (unpaired) electrons. The lowest BCUT2D eigenvalue weighted by atomic mass is 10.0. The van der Waals surface area contributed by atoms with Gasteiger partial charge in [-0.05, 0) is 51.4 Å². The van der Waals surface area contributed by atoms with E-state index in [0.29, 0.717) is 15.9 Å². The van der Waals surface area contributed by atoms with Gasteiger partial charge in [0.2, 0.25) is 5.13 Å². The quantitative estimate of drug-likeness (QED) is 0.741. The molecule has 0 bridgehead atoms. The van der Waals surface area contributed by atoms with Crippen molar-refractivity contribution in [2.75, 3.05) is 13.1 Å². The van der Waals surface area contributed by atoms with Gasteiger partial charge >= 0.3 is 0 Å². The van der Waals surface area contributed by atoms with Crippen LogP contribution in [0.2, 0.25) is 5.02 Å². The second-order valence-electron chi connectivity index (χ2n) is 6.40. The maximum Gasteiger partial charge on any atom is 0.231 e. The monoisotopic (exact) mass is 391 g/mol. The zero-order valence-corrected chi connectivity index (χ0v) is 16.4. The Kier molecular flexibility index (Phi) is 6.34. The molecule has 1 fully saturated rings. The number of halogens is 1. The summed E-state index contributed by atoms with van der Waals surface area (Å²) >= 11 is 7.70. The molecule has 1 aromatic carbocycles. The average molecular weight is 392 g/mol. The zero-order chi connectivity index (χ0) is 18.5. The summed E-state index contributed by atoms with van der Waals surface area (Å²) in [6, 6.07) is 5.60. The van der Waals surface area contributed by atoms with Crippen molar-refractivity contribution in [1.82, 2.24) is 15.5 Å². The van der Waals surface area contributed by atoms with Gasteiger partial charge in [0.05, 0.1) is 11.1 Å². The number of nitrogens with one attached hydrogen (secondary N) is 2. The molecule has 2 heterocycles. The lowest BCUT2D eigenvalue weighted by Crippen LogP contribution is -2.14. The average Bonchev–Trinajstić information content (AvgIpc) is 2.98. The number of aromatic nitrogens is 2. The highest BCUT2D eigenvalue weighted by Gasteiger charge is 2.16. The lowest BCUT2D eigenvalue weighted by Gasteiger charge is -2.11. The Morgan fingerprint density at radius 3 is 3.00 bits per heavy atom. The lowest BCUT2D eigenvalue weighted by molar-refractivity contribution is 0.242. The number of ether oxygens (including phenoxy) is 1. The second-order valence-corrected chi connectivity index (χ2v) is 7.76. The topological polar surface area (TPSA) is 83.2 Å². The molecule has 1 aromatic heterocycles. The smallest absolute Gasteiger partial charge is 0.231 e. The SMILES string of the molecule is CC(C)Oc1ccc(-c2nnc(N=CC3CCNCCC3=N)s2)cc1Cl. The van der Waals surface area contributed by atoms with E-state index in [2.05, 4.69) is 20.5 Å². The van der Waals surface area contributed by atoms with Crippen LogP contribution < -0.4 is 10.1 Å². The van der Waals surface area contributed by atoms with Crippen molar-refractivity contribution in [1.29, 1.82) is 5.41 Å². The second kappa shape index (κ2) is 8.70. The molecule has 1 aliphatic rings. The van der Waals surface area contributed by atoms with Crippen LogP contribution in [0.1, 0.15) is 26.7 Å². The van der Waals surface area contributed by atoms with Crippen LogP contribution in [-0.2, 0) is 0 Å². The molecule has 26 heavy (non-hydrogen) atoms. The van der Waals surface area contributed by atoms with Gasteiger partial charge in [-0.2, -0.15) is 0 Å². The minimum absolute atomic E-state index is 0.0683. The fourth-order valence-electron chi connectivity index (χ4n) is 2.65. The minimum atomic E-state index is 0.0683.